The number of nitrogens with one attached hydrogen (secondary N) is 2. The smallest absolute Gasteiger partial charge is 0.244 e. The van der Waals surface area contributed by atoms with Gasteiger partial charge in [-0.1, -0.05) is 40.0 Å². The molecule has 0 atom stereocenters. The summed E-state index contributed by atoms with van der Waals surface area (Å²) in [5.74, 6) is 0. The minimum atomic E-state index is -3.66. The number of unbranched alkanes of at least 4 members (excludes halogenated alkanes) is 2. The highest BCUT2D eigenvalue weighted by molar-refractivity contribution is 7.89. The maximum Gasteiger partial charge on any atom is 0.244 e. The molecule has 0 saturated carbocycles. The minimum absolute atomic E-state index is 0.0642. The fourth-order valence-electron chi connectivity index (χ4n) is 2.24. The van der Waals surface area contributed by atoms with Crippen molar-refractivity contribution in [3.05, 3.63) is 11.4 Å². The first-order valence-corrected chi connectivity index (χ1v) is 8.86. The van der Waals surface area contributed by atoms with E-state index in [2.05, 4.69) is 35.7 Å². The number of aromatic amines is 1. The molecule has 0 unspecified atom stereocenters. The summed E-state index contributed by atoms with van der Waals surface area (Å²) in [4.78, 5) is 0.0642. The van der Waals surface area contributed by atoms with Gasteiger partial charge in [-0.05, 0) is 18.8 Å². The third-order valence-electron chi connectivity index (χ3n) is 3.58. The molecular weight excluding hydrogens is 290 g/mol. The van der Waals surface area contributed by atoms with E-state index in [9.17, 15) is 13.5 Å². The Balaban J connectivity index is 2.75. The third-order valence-corrected chi connectivity index (χ3v) is 5.18. The molecular formula is C14H27N3O3S. The molecule has 21 heavy (non-hydrogen) atoms. The van der Waals surface area contributed by atoms with Crippen LogP contribution in [0.1, 0.15) is 57.8 Å². The first kappa shape index (κ1) is 18.1. The maximum absolute atomic E-state index is 12.4. The zero-order valence-electron chi connectivity index (χ0n) is 13.4. The summed E-state index contributed by atoms with van der Waals surface area (Å²) in [6, 6.07) is 0. The van der Waals surface area contributed by atoms with Gasteiger partial charge >= 0.3 is 0 Å². The maximum atomic E-state index is 12.4. The van der Waals surface area contributed by atoms with Gasteiger partial charge in [0.15, 0.2) is 0 Å². The molecule has 1 heterocycles. The van der Waals surface area contributed by atoms with Gasteiger partial charge in [0.25, 0.3) is 0 Å². The molecule has 0 saturated heterocycles. The van der Waals surface area contributed by atoms with Gasteiger partial charge in [0.1, 0.15) is 10.6 Å². The van der Waals surface area contributed by atoms with Crippen molar-refractivity contribution in [2.45, 2.75) is 64.9 Å². The molecule has 7 heteroatoms. The number of hydrogen-bond donors (Lipinski definition) is 3. The van der Waals surface area contributed by atoms with Crippen LogP contribution >= 0.6 is 0 Å². The van der Waals surface area contributed by atoms with E-state index in [1.807, 2.05) is 0 Å². The molecule has 0 amide bonds. The Labute approximate surface area is 127 Å². The van der Waals surface area contributed by atoms with Gasteiger partial charge in [0, 0.05) is 6.54 Å². The molecule has 0 aromatic carbocycles. The number of hydrogen-bond acceptors (Lipinski definition) is 4. The van der Waals surface area contributed by atoms with Gasteiger partial charge in [-0.3, -0.25) is 5.10 Å². The average Bonchev–Trinajstić information content (AvgIpc) is 2.79. The van der Waals surface area contributed by atoms with E-state index in [-0.39, 0.29) is 16.0 Å². The van der Waals surface area contributed by atoms with Crippen LogP contribution in [0, 0.1) is 12.3 Å². The first-order chi connectivity index (χ1) is 9.73. The number of aliphatic hydroxyl groups excluding tert-OH is 1. The Morgan fingerprint density at radius 2 is 2.00 bits per heavy atom. The predicted octanol–water partition coefficient (Wildman–Crippen LogP) is 2.10. The summed E-state index contributed by atoms with van der Waals surface area (Å²) in [6.45, 7) is 7.86. The summed E-state index contributed by atoms with van der Waals surface area (Å²) in [7, 11) is -3.66. The lowest BCUT2D eigenvalue weighted by Crippen LogP contribution is -2.34. The first-order valence-electron chi connectivity index (χ1n) is 7.38. The van der Waals surface area contributed by atoms with Crippen LogP contribution in [-0.4, -0.2) is 30.3 Å². The van der Waals surface area contributed by atoms with Crippen LogP contribution in [0.5, 0.6) is 0 Å². The summed E-state index contributed by atoms with van der Waals surface area (Å²) in [5, 5.41) is 15.6. The van der Waals surface area contributed by atoms with Crippen LogP contribution in [0.2, 0.25) is 0 Å². The number of aromatic nitrogens is 2. The van der Waals surface area contributed by atoms with E-state index in [1.165, 1.54) is 0 Å². The van der Waals surface area contributed by atoms with E-state index in [0.29, 0.717) is 12.2 Å². The second-order valence-electron chi connectivity index (χ2n) is 6.23. The van der Waals surface area contributed by atoms with E-state index in [1.54, 1.807) is 6.92 Å². The lowest BCUT2D eigenvalue weighted by molar-refractivity contribution is 0.273. The highest BCUT2D eigenvalue weighted by atomic mass is 32.2. The summed E-state index contributed by atoms with van der Waals surface area (Å²) < 4.78 is 27.4. The molecule has 0 aliphatic rings. The Hall–Kier alpha value is -0.920. The fourth-order valence-corrected chi connectivity index (χ4v) is 3.83. The number of rotatable bonds is 9. The molecule has 1 aromatic rings. The molecule has 1 rings (SSSR count). The Morgan fingerprint density at radius 3 is 2.57 bits per heavy atom. The quantitative estimate of drug-likeness (QED) is 0.608. The van der Waals surface area contributed by atoms with Gasteiger partial charge in [-0.15, -0.1) is 0 Å². The van der Waals surface area contributed by atoms with Gasteiger partial charge in [0.05, 0.1) is 12.3 Å². The molecule has 0 aliphatic carbocycles. The van der Waals surface area contributed by atoms with E-state index in [0.717, 1.165) is 25.7 Å². The van der Waals surface area contributed by atoms with Crippen LogP contribution in [0.3, 0.4) is 0 Å². The van der Waals surface area contributed by atoms with Gasteiger partial charge in [-0.25, -0.2) is 13.1 Å². The van der Waals surface area contributed by atoms with Crippen LogP contribution in [0.25, 0.3) is 0 Å². The van der Waals surface area contributed by atoms with Crippen molar-refractivity contribution >= 4 is 10.0 Å². The lowest BCUT2D eigenvalue weighted by atomic mass is 9.87. The van der Waals surface area contributed by atoms with Crippen LogP contribution in [0.15, 0.2) is 4.90 Å². The second kappa shape index (κ2) is 7.38. The lowest BCUT2D eigenvalue weighted by Gasteiger charge is -2.25. The van der Waals surface area contributed by atoms with Crippen molar-refractivity contribution < 1.29 is 13.5 Å². The Morgan fingerprint density at radius 1 is 1.33 bits per heavy atom. The van der Waals surface area contributed by atoms with Crippen molar-refractivity contribution in [3.63, 3.8) is 0 Å². The van der Waals surface area contributed by atoms with Crippen molar-refractivity contribution in [1.82, 2.24) is 14.9 Å². The van der Waals surface area contributed by atoms with Gasteiger partial charge < -0.3 is 5.11 Å². The van der Waals surface area contributed by atoms with Gasteiger partial charge in [0.2, 0.25) is 10.0 Å². The fraction of sp³-hybridized carbons (Fsp3) is 0.786. The molecule has 3 N–H and O–H groups in total. The zero-order chi connectivity index (χ0) is 16.1. The molecule has 0 bridgehead atoms. The summed E-state index contributed by atoms with van der Waals surface area (Å²) in [5.41, 5.74) is 0.498. The Kier molecular flexibility index (Phi) is 6.37. The topological polar surface area (TPSA) is 95.1 Å². The molecule has 1 aromatic heterocycles. The monoisotopic (exact) mass is 317 g/mol. The van der Waals surface area contributed by atoms with Crippen LogP contribution in [0.4, 0.5) is 0 Å². The molecule has 0 radical (unpaired) electrons. The molecule has 6 nitrogen and oxygen atoms in total. The minimum Gasteiger partial charge on any atom is -0.390 e. The Bertz CT molecular complexity index is 550. The van der Waals surface area contributed by atoms with E-state index >= 15 is 0 Å². The SMILES string of the molecule is CCCCCC(C)(C)CNS(=O)(=O)c1c(CO)n[nH]c1C. The molecule has 0 aliphatic heterocycles. The number of nitrogens with zero attached hydrogens (tertiary/aromatic N) is 1. The molecule has 122 valence electrons. The number of aliphatic hydroxyl groups is 1. The standard InChI is InChI=1S/C14H27N3O3S/c1-5-6-7-8-14(3,4)10-15-21(19,20)13-11(2)16-17-12(13)9-18/h15,18H,5-10H2,1-4H3,(H,16,17). The summed E-state index contributed by atoms with van der Waals surface area (Å²) >= 11 is 0. The summed E-state index contributed by atoms with van der Waals surface area (Å²) in [6.07, 6.45) is 4.38. The van der Waals surface area contributed by atoms with Crippen molar-refractivity contribution in [1.29, 1.82) is 0 Å². The molecule has 0 spiro atoms. The van der Waals surface area contributed by atoms with Crippen LogP contribution < -0.4 is 4.72 Å². The second-order valence-corrected chi connectivity index (χ2v) is 7.93. The van der Waals surface area contributed by atoms with Crippen molar-refractivity contribution in [3.8, 4) is 0 Å². The third kappa shape index (κ3) is 5.09. The number of H-pyrrole nitrogens is 1. The van der Waals surface area contributed by atoms with E-state index < -0.39 is 16.6 Å². The van der Waals surface area contributed by atoms with Crippen LogP contribution in [-0.2, 0) is 16.6 Å². The van der Waals surface area contributed by atoms with Crippen molar-refractivity contribution in [2.24, 2.45) is 5.41 Å². The largest absolute Gasteiger partial charge is 0.390 e. The zero-order valence-corrected chi connectivity index (χ0v) is 14.2. The number of aryl methyl sites for hydroxylation is 1. The van der Waals surface area contributed by atoms with Gasteiger partial charge in [-0.2, -0.15) is 5.10 Å². The predicted molar refractivity (Wildman–Crippen MR) is 82.4 cm³/mol. The highest BCUT2D eigenvalue weighted by Gasteiger charge is 2.26. The molecule has 0 fully saturated rings. The highest BCUT2D eigenvalue weighted by Crippen LogP contribution is 2.24. The number of sulfonamides is 1. The van der Waals surface area contributed by atoms with E-state index in [4.69, 9.17) is 0 Å². The normalized spacial score (nSPS) is 12.8. The average molecular weight is 317 g/mol. The van der Waals surface area contributed by atoms with Crippen molar-refractivity contribution in [2.75, 3.05) is 6.54 Å².